The molecule has 1 saturated heterocycles. The molecule has 1 aliphatic heterocycles. The second kappa shape index (κ2) is 4.81. The van der Waals surface area contributed by atoms with Crippen molar-refractivity contribution in [3.05, 3.63) is 28.3 Å². The maximum atomic E-state index is 10.9. The number of nitrogens with two attached hydrogens (primary N) is 1. The van der Waals surface area contributed by atoms with Crippen LogP contribution >= 0.6 is 0 Å². The first kappa shape index (κ1) is 12.6. The van der Waals surface area contributed by atoms with Crippen molar-refractivity contribution in [2.45, 2.75) is 13.8 Å². The quantitative estimate of drug-likeness (QED) is 0.486. The first-order valence-electron chi connectivity index (χ1n) is 6.02. The highest BCUT2D eigenvalue weighted by molar-refractivity contribution is 5.64. The van der Waals surface area contributed by atoms with Crippen LogP contribution in [0.1, 0.15) is 13.8 Å². The fourth-order valence-corrected chi connectivity index (χ4v) is 2.31. The molecule has 98 valence electrons. The number of hydrogen-bond donors (Lipinski definition) is 2. The van der Waals surface area contributed by atoms with Gasteiger partial charge in [0, 0.05) is 30.9 Å². The van der Waals surface area contributed by atoms with Crippen LogP contribution in [-0.2, 0) is 0 Å². The molecule has 0 spiro atoms. The van der Waals surface area contributed by atoms with Crippen LogP contribution in [0.15, 0.2) is 18.2 Å². The van der Waals surface area contributed by atoms with Gasteiger partial charge < -0.3 is 10.3 Å². The van der Waals surface area contributed by atoms with Gasteiger partial charge in [0.05, 0.1) is 10.6 Å². The van der Waals surface area contributed by atoms with Crippen LogP contribution in [0.2, 0.25) is 0 Å². The van der Waals surface area contributed by atoms with E-state index in [1.165, 1.54) is 6.07 Å². The third-order valence-corrected chi connectivity index (χ3v) is 3.63. The Kier molecular flexibility index (Phi) is 3.38. The van der Waals surface area contributed by atoms with E-state index < -0.39 is 4.92 Å². The molecule has 2 atom stereocenters. The summed E-state index contributed by atoms with van der Waals surface area (Å²) in [4.78, 5) is 12.7. The maximum Gasteiger partial charge on any atom is 0.273 e. The Morgan fingerprint density at radius 2 is 1.94 bits per heavy atom. The van der Waals surface area contributed by atoms with Crippen LogP contribution in [0.25, 0.3) is 0 Å². The van der Waals surface area contributed by atoms with Crippen LogP contribution in [0, 0.1) is 22.0 Å². The molecule has 1 fully saturated rings. The Balaban J connectivity index is 2.32. The van der Waals surface area contributed by atoms with Gasteiger partial charge in [-0.3, -0.25) is 16.0 Å². The summed E-state index contributed by atoms with van der Waals surface area (Å²) in [6.07, 6.45) is 0. The van der Waals surface area contributed by atoms with E-state index in [-0.39, 0.29) is 5.69 Å². The number of hydrazine groups is 1. The minimum absolute atomic E-state index is 0.0626. The lowest BCUT2D eigenvalue weighted by atomic mass is 10.0. The van der Waals surface area contributed by atoms with Crippen LogP contribution in [0.5, 0.6) is 0 Å². The summed E-state index contributed by atoms with van der Waals surface area (Å²) >= 11 is 0. The van der Waals surface area contributed by atoms with Gasteiger partial charge in [-0.2, -0.15) is 0 Å². The average molecular weight is 250 g/mol. The molecule has 1 heterocycles. The number of anilines is 2. The molecule has 2 rings (SSSR count). The highest BCUT2D eigenvalue weighted by Gasteiger charge is 2.27. The molecule has 6 heteroatoms. The molecule has 18 heavy (non-hydrogen) atoms. The summed E-state index contributed by atoms with van der Waals surface area (Å²) in [6, 6.07) is 4.88. The van der Waals surface area contributed by atoms with Crippen molar-refractivity contribution in [3.63, 3.8) is 0 Å². The summed E-state index contributed by atoms with van der Waals surface area (Å²) in [7, 11) is 0. The minimum atomic E-state index is -0.396. The second-order valence-corrected chi connectivity index (χ2v) is 5.00. The monoisotopic (exact) mass is 250 g/mol. The summed E-state index contributed by atoms with van der Waals surface area (Å²) < 4.78 is 0. The topological polar surface area (TPSA) is 84.4 Å². The van der Waals surface area contributed by atoms with E-state index in [9.17, 15) is 10.1 Å². The Morgan fingerprint density at radius 3 is 2.44 bits per heavy atom. The molecule has 0 aromatic heterocycles. The lowest BCUT2D eigenvalue weighted by Crippen LogP contribution is -2.20. The van der Waals surface area contributed by atoms with Crippen molar-refractivity contribution in [2.75, 3.05) is 23.4 Å². The molecule has 0 bridgehead atoms. The van der Waals surface area contributed by atoms with Crippen molar-refractivity contribution in [1.82, 2.24) is 0 Å². The number of benzene rings is 1. The largest absolute Gasteiger partial charge is 0.371 e. The first-order chi connectivity index (χ1) is 8.51. The van der Waals surface area contributed by atoms with Crippen LogP contribution in [0.3, 0.4) is 0 Å². The van der Waals surface area contributed by atoms with Gasteiger partial charge in [-0.1, -0.05) is 13.8 Å². The van der Waals surface area contributed by atoms with Crippen LogP contribution in [0.4, 0.5) is 17.1 Å². The zero-order valence-electron chi connectivity index (χ0n) is 10.6. The van der Waals surface area contributed by atoms with Crippen molar-refractivity contribution < 1.29 is 4.92 Å². The molecular formula is C12H18N4O2. The van der Waals surface area contributed by atoms with Gasteiger partial charge in [-0.15, -0.1) is 0 Å². The van der Waals surface area contributed by atoms with Gasteiger partial charge >= 0.3 is 0 Å². The summed E-state index contributed by atoms with van der Waals surface area (Å²) in [5, 5.41) is 10.9. The van der Waals surface area contributed by atoms with E-state index in [1.54, 1.807) is 6.07 Å². The molecule has 1 aliphatic rings. The van der Waals surface area contributed by atoms with E-state index in [2.05, 4.69) is 24.2 Å². The third-order valence-electron chi connectivity index (χ3n) is 3.63. The Hall–Kier alpha value is -1.82. The fraction of sp³-hybridized carbons (Fsp3) is 0.500. The molecule has 0 amide bonds. The highest BCUT2D eigenvalue weighted by Crippen LogP contribution is 2.32. The normalized spacial score (nSPS) is 23.2. The molecule has 0 radical (unpaired) electrons. The van der Waals surface area contributed by atoms with Gasteiger partial charge in [0.1, 0.15) is 0 Å². The number of nitrogen functional groups attached to an aromatic ring is 1. The number of nitro benzene ring substituents is 1. The van der Waals surface area contributed by atoms with Crippen LogP contribution in [-0.4, -0.2) is 18.0 Å². The second-order valence-electron chi connectivity index (χ2n) is 5.00. The molecule has 2 unspecified atom stereocenters. The van der Waals surface area contributed by atoms with Crippen molar-refractivity contribution >= 4 is 17.1 Å². The summed E-state index contributed by atoms with van der Waals surface area (Å²) in [5.74, 6) is 6.54. The lowest BCUT2D eigenvalue weighted by Gasteiger charge is -2.19. The molecule has 6 nitrogen and oxygen atoms in total. The molecule has 1 aromatic rings. The molecule has 0 saturated carbocycles. The lowest BCUT2D eigenvalue weighted by molar-refractivity contribution is -0.384. The zero-order chi connectivity index (χ0) is 13.3. The third kappa shape index (κ3) is 2.38. The van der Waals surface area contributed by atoms with Gasteiger partial charge in [-0.05, 0) is 17.9 Å². The minimum Gasteiger partial charge on any atom is -0.371 e. The van der Waals surface area contributed by atoms with Gasteiger partial charge in [-0.25, -0.2) is 0 Å². The Labute approximate surface area is 106 Å². The fourth-order valence-electron chi connectivity index (χ4n) is 2.31. The van der Waals surface area contributed by atoms with Crippen molar-refractivity contribution in [1.29, 1.82) is 0 Å². The highest BCUT2D eigenvalue weighted by atomic mass is 16.6. The molecular weight excluding hydrogens is 232 g/mol. The van der Waals surface area contributed by atoms with Gasteiger partial charge in [0.15, 0.2) is 0 Å². The predicted molar refractivity (Wildman–Crippen MR) is 71.4 cm³/mol. The molecule has 0 aliphatic carbocycles. The predicted octanol–water partition coefficient (Wildman–Crippen LogP) is 1.97. The standard InChI is InChI=1S/C12H18N4O2/c1-8-6-15(7-9(8)2)11-3-10(14-13)4-12(5-11)16(17)18/h3-5,8-9,14H,6-7,13H2,1-2H3. The van der Waals surface area contributed by atoms with Crippen molar-refractivity contribution in [3.8, 4) is 0 Å². The summed E-state index contributed by atoms with van der Waals surface area (Å²) in [6.45, 7) is 6.24. The zero-order valence-corrected chi connectivity index (χ0v) is 10.6. The van der Waals surface area contributed by atoms with Crippen molar-refractivity contribution in [2.24, 2.45) is 17.7 Å². The number of nitro groups is 1. The number of non-ortho nitro benzene ring substituents is 1. The van der Waals surface area contributed by atoms with Gasteiger partial charge in [0.2, 0.25) is 0 Å². The summed E-state index contributed by atoms with van der Waals surface area (Å²) in [5.41, 5.74) is 3.96. The molecule has 3 N–H and O–H groups in total. The van der Waals surface area contributed by atoms with Gasteiger partial charge in [0.25, 0.3) is 5.69 Å². The van der Waals surface area contributed by atoms with E-state index in [4.69, 9.17) is 5.84 Å². The first-order valence-corrected chi connectivity index (χ1v) is 6.02. The smallest absolute Gasteiger partial charge is 0.273 e. The maximum absolute atomic E-state index is 10.9. The average Bonchev–Trinajstić information content (AvgIpc) is 2.69. The SMILES string of the molecule is CC1CN(c2cc(NN)cc([N+](=O)[O-])c2)CC1C. The number of hydrogen-bond acceptors (Lipinski definition) is 5. The number of nitrogens with one attached hydrogen (secondary N) is 1. The van der Waals surface area contributed by atoms with E-state index in [1.807, 2.05) is 6.07 Å². The van der Waals surface area contributed by atoms with E-state index >= 15 is 0 Å². The number of rotatable bonds is 3. The Morgan fingerprint density at radius 1 is 1.33 bits per heavy atom. The number of nitrogens with zero attached hydrogens (tertiary/aromatic N) is 2. The van der Waals surface area contributed by atoms with E-state index in [0.29, 0.717) is 17.5 Å². The molecule has 1 aromatic carbocycles. The Bertz CT molecular complexity index is 453. The van der Waals surface area contributed by atoms with Crippen LogP contribution < -0.4 is 16.2 Å². The van der Waals surface area contributed by atoms with E-state index in [0.717, 1.165) is 18.8 Å².